The van der Waals surface area contributed by atoms with Crippen molar-refractivity contribution in [2.75, 3.05) is 0 Å². The summed E-state index contributed by atoms with van der Waals surface area (Å²) in [6, 6.07) is 23.9. The van der Waals surface area contributed by atoms with Crippen molar-refractivity contribution in [3.8, 4) is 39.0 Å². The van der Waals surface area contributed by atoms with Crippen LogP contribution in [-0.2, 0) is 25.7 Å². The van der Waals surface area contributed by atoms with E-state index >= 15 is 0 Å². The van der Waals surface area contributed by atoms with Gasteiger partial charge in [0.2, 0.25) is 0 Å². The molecule has 98 heavy (non-hydrogen) atoms. The Morgan fingerprint density at radius 2 is 0.500 bits per heavy atom. The van der Waals surface area contributed by atoms with Gasteiger partial charge < -0.3 is 0 Å². The molecule has 0 amide bonds. The average Bonchev–Trinajstić information content (AvgIpc) is 1.64. The first-order valence-electron chi connectivity index (χ1n) is 41.2. The molecule has 0 bridgehead atoms. The Morgan fingerprint density at radius 3 is 0.765 bits per heavy atom. The summed E-state index contributed by atoms with van der Waals surface area (Å²) in [4.78, 5) is 11.8. The molecule has 0 nitrogen and oxygen atoms in total. The summed E-state index contributed by atoms with van der Waals surface area (Å²) in [5.41, 5.74) is 6.18. The van der Waals surface area contributed by atoms with Crippen LogP contribution in [0.5, 0.6) is 0 Å². The number of halogens is 2. The van der Waals surface area contributed by atoms with E-state index in [0.29, 0.717) is 0 Å². The number of aryl methyl sites for hydroxylation is 4. The summed E-state index contributed by atoms with van der Waals surface area (Å²) in [6.07, 6.45) is 69.5. The van der Waals surface area contributed by atoms with Crippen molar-refractivity contribution < 1.29 is 0 Å². The van der Waals surface area contributed by atoms with Crippen LogP contribution in [0, 0.1) is 0 Å². The van der Waals surface area contributed by atoms with Gasteiger partial charge in [0.1, 0.15) is 0 Å². The van der Waals surface area contributed by atoms with Crippen LogP contribution < -0.4 is 2.89 Å². The SMILES string of the molecule is CCCCCCCCCCCCc1cc(-c2cc(CCCCCCCCCCCC)c(-c3cccs3)s2)sc1-c1cccs1.CCCCCCCCCCCCc1cc(-c2cc(CCCCCCCCCCCC)c(Br)s2)sc1Br.CCC[CH2][Sn]([CH2]CCC)([CH2]CCC)[c]1cccs1. The van der Waals surface area contributed by atoms with Crippen LogP contribution in [0.1, 0.15) is 366 Å². The van der Waals surface area contributed by atoms with E-state index in [4.69, 9.17) is 0 Å². The summed E-state index contributed by atoms with van der Waals surface area (Å²) in [5, 5.41) is 6.79. The van der Waals surface area contributed by atoms with E-state index in [-0.39, 0.29) is 0 Å². The maximum atomic E-state index is 3.86. The Hall–Kier alpha value is -0.341. The molecule has 0 spiro atoms. The molecule has 0 radical (unpaired) electrons. The minimum atomic E-state index is -2.01. The molecule has 0 saturated carbocycles. The third-order valence-electron chi connectivity index (χ3n) is 20.4. The van der Waals surface area contributed by atoms with Gasteiger partial charge in [-0.15, -0.1) is 68.0 Å². The van der Waals surface area contributed by atoms with E-state index in [1.807, 2.05) is 70.9 Å². The Morgan fingerprint density at radius 1 is 0.255 bits per heavy atom. The molecule has 0 aliphatic heterocycles. The van der Waals surface area contributed by atoms with Gasteiger partial charge in [0.25, 0.3) is 0 Å². The zero-order valence-electron chi connectivity index (χ0n) is 63.6. The molecule has 7 heterocycles. The molecule has 0 fully saturated rings. The van der Waals surface area contributed by atoms with Crippen molar-refractivity contribution in [1.82, 2.24) is 0 Å². The van der Waals surface area contributed by atoms with Crippen molar-refractivity contribution >= 4 is 132 Å². The molecule has 0 aromatic carbocycles. The number of rotatable bonds is 58. The average molecular weight is 1700 g/mol. The first kappa shape index (κ1) is 88.3. The fourth-order valence-electron chi connectivity index (χ4n) is 14.2. The Bertz CT molecular complexity index is 2710. The van der Waals surface area contributed by atoms with E-state index in [1.54, 1.807) is 24.4 Å². The van der Waals surface area contributed by atoms with Gasteiger partial charge in [0.15, 0.2) is 0 Å². The fourth-order valence-corrected chi connectivity index (χ4v) is 41.9. The van der Waals surface area contributed by atoms with Gasteiger partial charge in [0.05, 0.1) is 7.57 Å². The quantitative estimate of drug-likeness (QED) is 0.0263. The van der Waals surface area contributed by atoms with Crippen LogP contribution in [0.2, 0.25) is 13.3 Å². The van der Waals surface area contributed by atoms with Crippen molar-refractivity contribution in [3.63, 3.8) is 0 Å². The van der Waals surface area contributed by atoms with E-state index in [2.05, 4.69) is 168 Å². The zero-order valence-corrected chi connectivity index (χ0v) is 75.3. The number of hydrogen-bond acceptors (Lipinski definition) is 7. The Balaban J connectivity index is 0.000000288. The second kappa shape index (κ2) is 57.8. The Kier molecular flexibility index (Phi) is 52.1. The van der Waals surface area contributed by atoms with E-state index in [1.165, 1.54) is 379 Å². The third-order valence-corrected chi connectivity index (χ3v) is 48.4. The third kappa shape index (κ3) is 36.3. The van der Waals surface area contributed by atoms with Gasteiger partial charge in [-0.2, -0.15) is 0 Å². The molecule has 0 atom stereocenters. The maximum absolute atomic E-state index is 3.86. The van der Waals surface area contributed by atoms with Crippen LogP contribution in [0.3, 0.4) is 0 Å². The molecule has 7 rings (SSSR count). The predicted molar refractivity (Wildman–Crippen MR) is 468 cm³/mol. The van der Waals surface area contributed by atoms with Crippen molar-refractivity contribution in [2.45, 2.75) is 383 Å². The van der Waals surface area contributed by atoms with Crippen LogP contribution in [-0.4, -0.2) is 18.4 Å². The van der Waals surface area contributed by atoms with Gasteiger partial charge in [-0.25, -0.2) is 0 Å². The van der Waals surface area contributed by atoms with Crippen molar-refractivity contribution in [1.29, 1.82) is 0 Å². The fraction of sp³-hybridized carbons (Fsp3) is 0.682. The van der Waals surface area contributed by atoms with Gasteiger partial charge >= 0.3 is 123 Å². The Labute approximate surface area is 654 Å². The summed E-state index contributed by atoms with van der Waals surface area (Å²) >= 11 is 19.5. The molecule has 0 aliphatic rings. The predicted octanol–water partition coefficient (Wildman–Crippen LogP) is 35.6. The normalized spacial score (nSPS) is 11.6. The number of hydrogen-bond donors (Lipinski definition) is 0. The van der Waals surface area contributed by atoms with Gasteiger partial charge in [-0.05, 0) is 153 Å². The monoisotopic (exact) mass is 1700 g/mol. The molecular weight excluding hydrogens is 1560 g/mol. The van der Waals surface area contributed by atoms with Gasteiger partial charge in [-0.3, -0.25) is 0 Å². The molecule has 552 valence electrons. The van der Waals surface area contributed by atoms with Crippen LogP contribution in [0.25, 0.3) is 39.0 Å². The first-order valence-corrected chi connectivity index (χ1v) is 56.2. The van der Waals surface area contributed by atoms with Crippen LogP contribution >= 0.6 is 111 Å². The summed E-state index contributed by atoms with van der Waals surface area (Å²) in [7, 11) is 0. The van der Waals surface area contributed by atoms with Gasteiger partial charge in [0, 0.05) is 39.0 Å². The summed E-state index contributed by atoms with van der Waals surface area (Å²) in [6.45, 7) is 16.3. The molecule has 10 heteroatoms. The standard InChI is InChI=1S/C40H58S4.C32H52Br2S2.C4H3S.3C4H9.Sn/c1-3-5-7-9-11-13-15-17-19-21-25-33-31-37(43-39(33)35-27-23-29-41-35)38-32-34(40(44-38)36-28-24-30-42-36)26-22-20-18-16-14-12-10-8-6-4-2;1-3-5-7-9-11-13-15-17-19-21-23-27-25-29(35-31(27)33)30-26-28(32(34)36-30)24-22-20-18-16-14-12-10-8-6-4-2;1-2-4-5-3-1;3*1-3-4-2;/h23-24,27-32H,3-22,25-26H2,1-2H3;25-26H,3-24H2,1-2H3;1-3H;3*1,3-4H2,2H3;. The summed E-state index contributed by atoms with van der Waals surface area (Å²) in [5.74, 6) is 0. The van der Waals surface area contributed by atoms with Crippen molar-refractivity contribution in [2.24, 2.45) is 0 Å². The molecule has 7 aromatic rings. The van der Waals surface area contributed by atoms with E-state index in [0.717, 1.165) is 0 Å². The van der Waals surface area contributed by atoms with Crippen LogP contribution in [0.4, 0.5) is 0 Å². The molecule has 0 N–H and O–H groups in total. The minimum absolute atomic E-state index is 1.21. The van der Waals surface area contributed by atoms with E-state index in [9.17, 15) is 0 Å². The molecular formula is C88H140Br2S7Sn. The van der Waals surface area contributed by atoms with Crippen LogP contribution in [0.15, 0.2) is 84.4 Å². The van der Waals surface area contributed by atoms with Gasteiger partial charge in [-0.1, -0.05) is 271 Å². The first-order chi connectivity index (χ1) is 48.2. The summed E-state index contributed by atoms with van der Waals surface area (Å²) < 4.78 is 9.35. The molecule has 0 saturated heterocycles. The molecule has 7 aromatic heterocycles. The topological polar surface area (TPSA) is 0 Å². The molecule has 0 aliphatic carbocycles. The zero-order chi connectivity index (χ0) is 69.8. The second-order valence-electron chi connectivity index (χ2n) is 29.0. The number of thiophene rings is 7. The van der Waals surface area contributed by atoms with E-state index < -0.39 is 18.4 Å². The second-order valence-corrected chi connectivity index (χ2v) is 52.8. The van der Waals surface area contributed by atoms with Crippen molar-refractivity contribution in [3.05, 3.63) is 107 Å². The number of unbranched alkanes of at least 4 members (excludes halogenated alkanes) is 39. The molecule has 0 unspecified atom stereocenters.